The molecular formula is C13H16F3NOS. The van der Waals surface area contributed by atoms with Crippen LogP contribution in [0.3, 0.4) is 0 Å². The lowest BCUT2D eigenvalue weighted by atomic mass is 10.1. The van der Waals surface area contributed by atoms with E-state index in [1.165, 1.54) is 6.07 Å². The molecule has 1 N–H and O–H groups in total. The second kappa shape index (κ2) is 5.53. The van der Waals surface area contributed by atoms with Crippen LogP contribution in [0.2, 0.25) is 0 Å². The van der Waals surface area contributed by atoms with Crippen LogP contribution in [-0.4, -0.2) is 21.8 Å². The number of halogens is 3. The van der Waals surface area contributed by atoms with Crippen LogP contribution in [0.15, 0.2) is 18.2 Å². The minimum atomic E-state index is -4.32. The quantitative estimate of drug-likeness (QED) is 0.905. The lowest BCUT2D eigenvalue weighted by Gasteiger charge is -2.25. The van der Waals surface area contributed by atoms with Gasteiger partial charge in [0.1, 0.15) is 0 Å². The molecule has 1 aromatic carbocycles. The number of rotatable bonds is 2. The number of hydrogen-bond acceptors (Lipinski definition) is 2. The average molecular weight is 291 g/mol. The Morgan fingerprint density at radius 1 is 1.26 bits per heavy atom. The van der Waals surface area contributed by atoms with Crippen molar-refractivity contribution < 1.29 is 17.4 Å². The Balaban J connectivity index is 2.13. The van der Waals surface area contributed by atoms with Crippen LogP contribution in [0, 0.1) is 6.92 Å². The summed E-state index contributed by atoms with van der Waals surface area (Å²) in [5.41, 5.74) is 0.673. The highest BCUT2D eigenvalue weighted by Gasteiger charge is 2.31. The molecule has 1 saturated heterocycles. The lowest BCUT2D eigenvalue weighted by Crippen LogP contribution is -2.29. The largest absolute Gasteiger partial charge is 0.416 e. The van der Waals surface area contributed by atoms with Crippen molar-refractivity contribution in [2.75, 3.05) is 16.8 Å². The second-order valence-corrected chi connectivity index (χ2v) is 6.49. The average Bonchev–Trinajstić information content (AvgIpc) is 2.33. The van der Waals surface area contributed by atoms with Crippen LogP contribution in [0.25, 0.3) is 0 Å². The van der Waals surface area contributed by atoms with Crippen LogP contribution in [0.4, 0.5) is 18.9 Å². The highest BCUT2D eigenvalue weighted by molar-refractivity contribution is 7.85. The summed E-state index contributed by atoms with van der Waals surface area (Å²) in [6.45, 7) is 1.78. The zero-order valence-electron chi connectivity index (χ0n) is 10.6. The Hall–Kier alpha value is -1.04. The van der Waals surface area contributed by atoms with Gasteiger partial charge in [-0.05, 0) is 37.5 Å². The Kier molecular flexibility index (Phi) is 4.18. The third-order valence-electron chi connectivity index (χ3n) is 3.31. The van der Waals surface area contributed by atoms with E-state index in [9.17, 15) is 17.4 Å². The van der Waals surface area contributed by atoms with E-state index in [1.54, 1.807) is 6.92 Å². The predicted molar refractivity (Wildman–Crippen MR) is 70.7 cm³/mol. The Labute approximate surface area is 112 Å². The van der Waals surface area contributed by atoms with Crippen molar-refractivity contribution in [1.29, 1.82) is 0 Å². The maximum absolute atomic E-state index is 12.7. The summed E-state index contributed by atoms with van der Waals surface area (Å²) in [4.78, 5) is 0. The highest BCUT2D eigenvalue weighted by Crippen LogP contribution is 2.32. The van der Waals surface area contributed by atoms with E-state index in [-0.39, 0.29) is 6.04 Å². The molecule has 106 valence electrons. The van der Waals surface area contributed by atoms with E-state index in [0.29, 0.717) is 17.2 Å². The van der Waals surface area contributed by atoms with Crippen LogP contribution in [0.1, 0.15) is 24.0 Å². The van der Waals surface area contributed by atoms with E-state index in [2.05, 4.69) is 5.32 Å². The zero-order valence-corrected chi connectivity index (χ0v) is 11.4. The van der Waals surface area contributed by atoms with Gasteiger partial charge in [-0.3, -0.25) is 4.21 Å². The van der Waals surface area contributed by atoms with Gasteiger partial charge in [-0.2, -0.15) is 13.2 Å². The summed E-state index contributed by atoms with van der Waals surface area (Å²) in [7, 11) is -0.763. The molecule has 0 unspecified atom stereocenters. The van der Waals surface area contributed by atoms with Gasteiger partial charge in [0, 0.05) is 34.0 Å². The van der Waals surface area contributed by atoms with E-state index < -0.39 is 22.5 Å². The van der Waals surface area contributed by atoms with E-state index in [4.69, 9.17) is 0 Å². The summed E-state index contributed by atoms with van der Waals surface area (Å²) in [5.74, 6) is 1.24. The van der Waals surface area contributed by atoms with E-state index >= 15 is 0 Å². The van der Waals surface area contributed by atoms with Gasteiger partial charge in [-0.25, -0.2) is 0 Å². The summed E-state index contributed by atoms with van der Waals surface area (Å²) >= 11 is 0. The normalized spacial score (nSPS) is 24.2. The molecule has 1 aliphatic heterocycles. The van der Waals surface area contributed by atoms with Gasteiger partial charge in [0.2, 0.25) is 0 Å². The van der Waals surface area contributed by atoms with Gasteiger partial charge in [0.25, 0.3) is 0 Å². The number of anilines is 1. The molecule has 1 fully saturated rings. The number of hydrogen-bond donors (Lipinski definition) is 1. The molecule has 0 atom stereocenters. The number of aryl methyl sites for hydroxylation is 1. The van der Waals surface area contributed by atoms with Crippen molar-refractivity contribution in [2.45, 2.75) is 32.0 Å². The van der Waals surface area contributed by atoms with Gasteiger partial charge in [-0.15, -0.1) is 0 Å². The van der Waals surface area contributed by atoms with Crippen molar-refractivity contribution in [1.82, 2.24) is 0 Å². The first-order valence-corrected chi connectivity index (χ1v) is 7.64. The van der Waals surface area contributed by atoms with Crippen molar-refractivity contribution in [3.8, 4) is 0 Å². The van der Waals surface area contributed by atoms with Gasteiger partial charge in [0.15, 0.2) is 0 Å². The maximum Gasteiger partial charge on any atom is 0.416 e. The molecule has 0 radical (unpaired) electrons. The van der Waals surface area contributed by atoms with Crippen molar-refractivity contribution in [3.05, 3.63) is 29.3 Å². The fraction of sp³-hybridized carbons (Fsp3) is 0.538. The van der Waals surface area contributed by atoms with Crippen LogP contribution < -0.4 is 5.32 Å². The molecule has 0 amide bonds. The molecule has 2 rings (SSSR count). The first-order valence-electron chi connectivity index (χ1n) is 6.15. The van der Waals surface area contributed by atoms with Crippen molar-refractivity contribution in [2.24, 2.45) is 0 Å². The summed E-state index contributed by atoms with van der Waals surface area (Å²) < 4.78 is 49.2. The Morgan fingerprint density at radius 2 is 1.89 bits per heavy atom. The van der Waals surface area contributed by atoms with Crippen LogP contribution in [-0.2, 0) is 17.0 Å². The molecule has 6 heteroatoms. The molecule has 0 aromatic heterocycles. The van der Waals surface area contributed by atoms with E-state index in [1.807, 2.05) is 0 Å². The third kappa shape index (κ3) is 3.72. The van der Waals surface area contributed by atoms with Gasteiger partial charge in [0.05, 0.1) is 5.56 Å². The number of alkyl halides is 3. The fourth-order valence-electron chi connectivity index (χ4n) is 2.11. The zero-order chi connectivity index (χ0) is 14.0. The molecule has 0 aliphatic carbocycles. The van der Waals surface area contributed by atoms with Crippen molar-refractivity contribution in [3.63, 3.8) is 0 Å². The molecule has 0 saturated carbocycles. The Bertz CT molecular complexity index is 477. The van der Waals surface area contributed by atoms with Gasteiger partial charge < -0.3 is 5.32 Å². The monoisotopic (exact) mass is 291 g/mol. The maximum atomic E-state index is 12.7. The highest BCUT2D eigenvalue weighted by atomic mass is 32.2. The topological polar surface area (TPSA) is 29.1 Å². The molecule has 1 aromatic rings. The molecule has 2 nitrogen and oxygen atoms in total. The molecular weight excluding hydrogens is 275 g/mol. The molecule has 0 bridgehead atoms. The van der Waals surface area contributed by atoms with E-state index in [0.717, 1.165) is 30.5 Å². The summed E-state index contributed by atoms with van der Waals surface area (Å²) in [6, 6.07) is 3.84. The summed E-state index contributed by atoms with van der Waals surface area (Å²) in [6.07, 6.45) is -2.84. The minimum absolute atomic E-state index is 0.111. The molecule has 1 heterocycles. The first kappa shape index (κ1) is 14.4. The van der Waals surface area contributed by atoms with Crippen LogP contribution >= 0.6 is 0 Å². The Morgan fingerprint density at radius 3 is 2.47 bits per heavy atom. The number of nitrogens with one attached hydrogen (secondary N) is 1. The van der Waals surface area contributed by atoms with Gasteiger partial charge >= 0.3 is 6.18 Å². The lowest BCUT2D eigenvalue weighted by molar-refractivity contribution is -0.137. The van der Waals surface area contributed by atoms with Gasteiger partial charge in [-0.1, -0.05) is 6.07 Å². The minimum Gasteiger partial charge on any atom is -0.382 e. The molecule has 0 spiro atoms. The summed E-state index contributed by atoms with van der Waals surface area (Å²) in [5, 5.41) is 3.15. The first-order chi connectivity index (χ1) is 8.86. The molecule has 19 heavy (non-hydrogen) atoms. The SMILES string of the molecule is Cc1ccc(C(F)(F)F)cc1NC1CCS(=O)CC1. The van der Waals surface area contributed by atoms with Crippen LogP contribution in [0.5, 0.6) is 0 Å². The third-order valence-corrected chi connectivity index (χ3v) is 4.69. The van der Waals surface area contributed by atoms with Crippen molar-refractivity contribution >= 4 is 16.5 Å². The molecule has 1 aliphatic rings. The fourth-order valence-corrected chi connectivity index (χ4v) is 3.41. The smallest absolute Gasteiger partial charge is 0.382 e. The number of benzene rings is 1. The standard InChI is InChI=1S/C13H16F3NOS/c1-9-2-3-10(13(14,15)16)8-12(9)17-11-4-6-19(18)7-5-11/h2-3,8,11,17H,4-7H2,1H3. The second-order valence-electron chi connectivity index (χ2n) is 4.79. The predicted octanol–water partition coefficient (Wildman–Crippen LogP) is 3.34.